The maximum absolute atomic E-state index is 11.6. The Kier molecular flexibility index (Phi) is 4.47. The smallest absolute Gasteiger partial charge is 0.251 e. The summed E-state index contributed by atoms with van der Waals surface area (Å²) in [5.41, 5.74) is 6.50. The lowest BCUT2D eigenvalue weighted by Gasteiger charge is -2.05. The Balaban J connectivity index is 2.48. The second kappa shape index (κ2) is 5.65. The molecule has 0 unspecified atom stereocenters. The van der Waals surface area contributed by atoms with E-state index < -0.39 is 10.0 Å². The number of amides is 1. The normalized spacial score (nSPS) is 11.1. The minimum Gasteiger partial charge on any atom is -0.399 e. The van der Waals surface area contributed by atoms with Crippen molar-refractivity contribution in [2.24, 2.45) is 0 Å². The summed E-state index contributed by atoms with van der Waals surface area (Å²) in [7, 11) is -1.96. The number of benzene rings is 1. The summed E-state index contributed by atoms with van der Waals surface area (Å²) >= 11 is 0. The Hall–Kier alpha value is -1.60. The average molecular weight is 257 g/mol. The molecule has 1 amide bonds. The highest BCUT2D eigenvalue weighted by Crippen LogP contribution is 2.04. The Morgan fingerprint density at radius 2 is 1.88 bits per heavy atom. The molecule has 1 aromatic rings. The number of sulfonamides is 1. The molecule has 94 valence electrons. The summed E-state index contributed by atoms with van der Waals surface area (Å²) in [6, 6.07) is 6.38. The van der Waals surface area contributed by atoms with Crippen molar-refractivity contribution in [2.75, 3.05) is 25.1 Å². The summed E-state index contributed by atoms with van der Waals surface area (Å²) in [5, 5.41) is 2.51. The number of hydrogen-bond acceptors (Lipinski definition) is 4. The van der Waals surface area contributed by atoms with E-state index in [2.05, 4.69) is 10.0 Å². The summed E-state index contributed by atoms with van der Waals surface area (Å²) in [6.07, 6.45) is 0. The summed E-state index contributed by atoms with van der Waals surface area (Å²) in [5.74, 6) is -0.471. The molecule has 0 bridgehead atoms. The van der Waals surface area contributed by atoms with E-state index in [0.717, 1.165) is 0 Å². The van der Waals surface area contributed by atoms with Gasteiger partial charge in [-0.25, -0.2) is 13.1 Å². The maximum atomic E-state index is 11.6. The van der Waals surface area contributed by atoms with Gasteiger partial charge in [-0.1, -0.05) is 0 Å². The highest BCUT2D eigenvalue weighted by atomic mass is 32.2. The van der Waals surface area contributed by atoms with Crippen molar-refractivity contribution in [1.29, 1.82) is 0 Å². The number of carbonyl (C=O) groups is 1. The third-order valence-electron chi connectivity index (χ3n) is 2.14. The molecule has 0 spiro atoms. The van der Waals surface area contributed by atoms with Crippen LogP contribution in [0.25, 0.3) is 0 Å². The summed E-state index contributed by atoms with van der Waals surface area (Å²) in [6.45, 7) is 0.0619. The quantitative estimate of drug-likeness (QED) is 0.622. The molecule has 0 radical (unpaired) electrons. The molecule has 1 rings (SSSR count). The second-order valence-corrected chi connectivity index (χ2v) is 5.45. The van der Waals surface area contributed by atoms with Crippen LogP contribution in [0.3, 0.4) is 0 Å². The second-order valence-electron chi connectivity index (χ2n) is 3.40. The van der Waals surface area contributed by atoms with Crippen molar-refractivity contribution in [3.63, 3.8) is 0 Å². The minimum atomic E-state index is -3.29. The Bertz CT molecular complexity index is 482. The van der Waals surface area contributed by atoms with Crippen LogP contribution in [0.1, 0.15) is 10.4 Å². The fraction of sp³-hybridized carbons (Fsp3) is 0.300. The Morgan fingerprint density at radius 1 is 1.29 bits per heavy atom. The third-order valence-corrected chi connectivity index (χ3v) is 3.50. The van der Waals surface area contributed by atoms with Crippen LogP contribution in [0.15, 0.2) is 24.3 Å². The van der Waals surface area contributed by atoms with Gasteiger partial charge >= 0.3 is 0 Å². The van der Waals surface area contributed by atoms with E-state index in [1.807, 2.05) is 0 Å². The van der Waals surface area contributed by atoms with Crippen molar-refractivity contribution in [3.05, 3.63) is 29.8 Å². The van der Waals surface area contributed by atoms with Crippen LogP contribution >= 0.6 is 0 Å². The van der Waals surface area contributed by atoms with Crippen LogP contribution in [0, 0.1) is 0 Å². The molecule has 0 fully saturated rings. The molecule has 0 aromatic heterocycles. The van der Waals surface area contributed by atoms with Crippen LogP contribution in [0.4, 0.5) is 5.69 Å². The zero-order valence-corrected chi connectivity index (χ0v) is 10.3. The fourth-order valence-electron chi connectivity index (χ4n) is 1.14. The predicted octanol–water partition coefficient (Wildman–Crippen LogP) is -0.452. The molecule has 0 atom stereocenters. The third kappa shape index (κ3) is 4.41. The van der Waals surface area contributed by atoms with Crippen LogP contribution in [-0.4, -0.2) is 33.7 Å². The molecule has 1 aromatic carbocycles. The number of nitrogens with one attached hydrogen (secondary N) is 2. The first kappa shape index (κ1) is 13.5. The zero-order valence-electron chi connectivity index (χ0n) is 9.43. The van der Waals surface area contributed by atoms with E-state index in [4.69, 9.17) is 5.73 Å². The molecule has 17 heavy (non-hydrogen) atoms. The number of nitrogen functional groups attached to an aromatic ring is 1. The van der Waals surface area contributed by atoms with Crippen molar-refractivity contribution in [1.82, 2.24) is 10.0 Å². The van der Waals surface area contributed by atoms with Crippen LogP contribution in [0.2, 0.25) is 0 Å². The monoisotopic (exact) mass is 257 g/mol. The van der Waals surface area contributed by atoms with Crippen molar-refractivity contribution in [2.45, 2.75) is 0 Å². The van der Waals surface area contributed by atoms with E-state index in [0.29, 0.717) is 11.3 Å². The number of rotatable bonds is 5. The van der Waals surface area contributed by atoms with E-state index in [1.165, 1.54) is 7.05 Å². The number of nitrogens with two attached hydrogens (primary N) is 1. The van der Waals surface area contributed by atoms with Crippen molar-refractivity contribution < 1.29 is 13.2 Å². The van der Waals surface area contributed by atoms with Gasteiger partial charge in [0.15, 0.2) is 0 Å². The average Bonchev–Trinajstić information content (AvgIpc) is 2.29. The molecule has 4 N–H and O–H groups in total. The van der Waals surface area contributed by atoms with Gasteiger partial charge in [0.1, 0.15) is 0 Å². The predicted molar refractivity (Wildman–Crippen MR) is 66.0 cm³/mol. The zero-order chi connectivity index (χ0) is 12.9. The fourth-order valence-corrected chi connectivity index (χ4v) is 1.71. The van der Waals surface area contributed by atoms with Gasteiger partial charge in [0.2, 0.25) is 10.0 Å². The van der Waals surface area contributed by atoms with Gasteiger partial charge in [-0.05, 0) is 31.3 Å². The van der Waals surface area contributed by atoms with Crippen molar-refractivity contribution >= 4 is 21.6 Å². The number of carbonyl (C=O) groups excluding carboxylic acids is 1. The molecule has 0 saturated carbocycles. The van der Waals surface area contributed by atoms with Gasteiger partial charge in [-0.15, -0.1) is 0 Å². The number of hydrogen-bond donors (Lipinski definition) is 3. The van der Waals surface area contributed by atoms with Gasteiger partial charge in [-0.2, -0.15) is 0 Å². The molecule has 0 saturated heterocycles. The van der Waals surface area contributed by atoms with Gasteiger partial charge in [0, 0.05) is 17.8 Å². The first-order valence-electron chi connectivity index (χ1n) is 4.99. The van der Waals surface area contributed by atoms with Crippen LogP contribution < -0.4 is 15.8 Å². The molecule has 7 heteroatoms. The summed E-state index contributed by atoms with van der Waals surface area (Å²) in [4.78, 5) is 11.6. The standard InChI is InChI=1S/C10H15N3O3S/c1-12-17(15,16)7-6-13-10(14)8-2-4-9(11)5-3-8/h2-5,12H,6-7,11H2,1H3,(H,13,14). The van der Waals surface area contributed by atoms with E-state index in [-0.39, 0.29) is 18.2 Å². The first-order chi connectivity index (χ1) is 7.94. The molecular weight excluding hydrogens is 242 g/mol. The van der Waals surface area contributed by atoms with Gasteiger partial charge in [0.25, 0.3) is 5.91 Å². The van der Waals surface area contributed by atoms with Gasteiger partial charge in [-0.3, -0.25) is 4.79 Å². The topological polar surface area (TPSA) is 101 Å². The molecule has 6 nitrogen and oxygen atoms in total. The lowest BCUT2D eigenvalue weighted by atomic mass is 10.2. The lowest BCUT2D eigenvalue weighted by molar-refractivity contribution is 0.0956. The first-order valence-corrected chi connectivity index (χ1v) is 6.65. The minimum absolute atomic E-state index is 0.0619. The highest BCUT2D eigenvalue weighted by molar-refractivity contribution is 7.89. The van der Waals surface area contributed by atoms with Crippen LogP contribution in [0.5, 0.6) is 0 Å². The molecule has 0 aliphatic heterocycles. The molecule has 0 aliphatic carbocycles. The molecular formula is C10H15N3O3S. The Morgan fingerprint density at radius 3 is 2.41 bits per heavy atom. The van der Waals surface area contributed by atoms with E-state index >= 15 is 0 Å². The summed E-state index contributed by atoms with van der Waals surface area (Å²) < 4.78 is 24.3. The Labute approximate surface area is 100 Å². The number of anilines is 1. The SMILES string of the molecule is CNS(=O)(=O)CCNC(=O)c1ccc(N)cc1. The van der Waals surface area contributed by atoms with Crippen molar-refractivity contribution in [3.8, 4) is 0 Å². The molecule has 0 heterocycles. The maximum Gasteiger partial charge on any atom is 0.251 e. The highest BCUT2D eigenvalue weighted by Gasteiger charge is 2.09. The molecule has 0 aliphatic rings. The van der Waals surface area contributed by atoms with Gasteiger partial charge in [0.05, 0.1) is 5.75 Å². The van der Waals surface area contributed by atoms with Crippen LogP contribution in [-0.2, 0) is 10.0 Å². The van der Waals surface area contributed by atoms with Gasteiger partial charge < -0.3 is 11.1 Å². The lowest BCUT2D eigenvalue weighted by Crippen LogP contribution is -2.32. The van der Waals surface area contributed by atoms with E-state index in [9.17, 15) is 13.2 Å². The van der Waals surface area contributed by atoms with E-state index in [1.54, 1.807) is 24.3 Å². The largest absolute Gasteiger partial charge is 0.399 e.